The summed E-state index contributed by atoms with van der Waals surface area (Å²) in [5, 5.41) is 9.14. The molecule has 1 amide bonds. The summed E-state index contributed by atoms with van der Waals surface area (Å²) in [7, 11) is 0. The summed E-state index contributed by atoms with van der Waals surface area (Å²) in [6, 6.07) is 8.65. The number of carboxylic acids is 1. The molecule has 140 valence electrons. The predicted octanol–water partition coefficient (Wildman–Crippen LogP) is 2.84. The van der Waals surface area contributed by atoms with Gasteiger partial charge in [0.2, 0.25) is 0 Å². The van der Waals surface area contributed by atoms with Crippen LogP contribution in [-0.2, 0) is 0 Å². The smallest absolute Gasteiger partial charge is 0.337 e. The van der Waals surface area contributed by atoms with Crippen LogP contribution in [0.1, 0.15) is 51.0 Å². The highest BCUT2D eigenvalue weighted by molar-refractivity contribution is 5.94. The predicted molar refractivity (Wildman–Crippen MR) is 96.4 cm³/mol. The molecule has 2 aromatic rings. The van der Waals surface area contributed by atoms with Crippen LogP contribution in [-0.4, -0.2) is 46.6 Å². The summed E-state index contributed by atoms with van der Waals surface area (Å²) in [5.74, 6) is 0.196. The fraction of sp³-hybridized carbons (Fsp3) is 0.350. The Morgan fingerprint density at radius 3 is 2.67 bits per heavy atom. The second-order valence-corrected chi connectivity index (χ2v) is 6.69. The van der Waals surface area contributed by atoms with E-state index in [4.69, 9.17) is 14.6 Å². The number of aromatic nitrogens is 1. The number of amides is 1. The minimum absolute atomic E-state index is 0.0606. The largest absolute Gasteiger partial charge is 0.486 e. The van der Waals surface area contributed by atoms with E-state index in [1.165, 1.54) is 12.1 Å². The lowest BCUT2D eigenvalue weighted by molar-refractivity contribution is 0.0689. The molecule has 1 atom stereocenters. The number of rotatable bonds is 3. The van der Waals surface area contributed by atoms with E-state index in [1.54, 1.807) is 11.8 Å². The summed E-state index contributed by atoms with van der Waals surface area (Å²) in [6.07, 6.45) is 1.76. The number of aryl methyl sites for hydroxylation is 1. The molecule has 7 heteroatoms. The van der Waals surface area contributed by atoms with Crippen molar-refractivity contribution in [1.82, 2.24) is 9.88 Å². The standard InChI is InChI=1S/C20H20N2O5/c1-12-14(20(24)25)5-6-15(21-12)19(23)22-8-2-3-16(22)13-4-7-17-18(11-13)27-10-9-26-17/h4-7,11,16H,2-3,8-10H2,1H3,(H,24,25). The van der Waals surface area contributed by atoms with Gasteiger partial charge in [-0.15, -0.1) is 0 Å². The maximum atomic E-state index is 13.0. The Morgan fingerprint density at radius 1 is 1.15 bits per heavy atom. The van der Waals surface area contributed by atoms with Gasteiger partial charge in [-0.1, -0.05) is 6.07 Å². The van der Waals surface area contributed by atoms with E-state index in [-0.39, 0.29) is 23.2 Å². The van der Waals surface area contributed by atoms with Gasteiger partial charge in [0.1, 0.15) is 18.9 Å². The lowest BCUT2D eigenvalue weighted by Gasteiger charge is -2.26. The number of benzene rings is 1. The third kappa shape index (κ3) is 3.20. The third-order valence-electron chi connectivity index (χ3n) is 5.00. The number of likely N-dealkylation sites (tertiary alicyclic amines) is 1. The monoisotopic (exact) mass is 368 g/mol. The zero-order valence-electron chi connectivity index (χ0n) is 15.0. The molecule has 1 saturated heterocycles. The van der Waals surface area contributed by atoms with E-state index in [0.29, 0.717) is 31.2 Å². The molecule has 1 unspecified atom stereocenters. The van der Waals surface area contributed by atoms with E-state index in [2.05, 4.69) is 4.98 Å². The van der Waals surface area contributed by atoms with Gasteiger partial charge in [-0.2, -0.15) is 0 Å². The number of nitrogens with zero attached hydrogens (tertiary/aromatic N) is 2. The van der Waals surface area contributed by atoms with E-state index >= 15 is 0 Å². The van der Waals surface area contributed by atoms with Gasteiger partial charge in [0.05, 0.1) is 17.3 Å². The Kier molecular flexibility index (Phi) is 4.43. The van der Waals surface area contributed by atoms with Crippen LogP contribution in [0.25, 0.3) is 0 Å². The number of carbonyl (C=O) groups is 2. The van der Waals surface area contributed by atoms with Crippen molar-refractivity contribution in [1.29, 1.82) is 0 Å². The first-order valence-corrected chi connectivity index (χ1v) is 8.96. The molecule has 1 aromatic heterocycles. The number of hydrogen-bond acceptors (Lipinski definition) is 5. The van der Waals surface area contributed by atoms with E-state index < -0.39 is 5.97 Å². The van der Waals surface area contributed by atoms with Gasteiger partial charge in [-0.05, 0) is 49.6 Å². The second-order valence-electron chi connectivity index (χ2n) is 6.69. The number of carboxylic acid groups (broad SMARTS) is 1. The first-order valence-electron chi connectivity index (χ1n) is 8.96. The highest BCUT2D eigenvalue weighted by Crippen LogP contribution is 2.38. The summed E-state index contributed by atoms with van der Waals surface area (Å²) in [6.45, 7) is 3.29. The van der Waals surface area contributed by atoms with E-state index in [0.717, 1.165) is 24.2 Å². The minimum Gasteiger partial charge on any atom is -0.486 e. The molecule has 0 bridgehead atoms. The molecule has 7 nitrogen and oxygen atoms in total. The lowest BCUT2D eigenvalue weighted by Crippen LogP contribution is -2.31. The summed E-state index contributed by atoms with van der Waals surface area (Å²) in [4.78, 5) is 30.2. The molecule has 2 aliphatic heterocycles. The molecule has 0 aliphatic carbocycles. The summed E-state index contributed by atoms with van der Waals surface area (Å²) < 4.78 is 11.2. The lowest BCUT2D eigenvalue weighted by atomic mass is 10.0. The molecular weight excluding hydrogens is 348 g/mol. The maximum absolute atomic E-state index is 13.0. The Labute approximate surface area is 156 Å². The molecule has 1 N–H and O–H groups in total. The molecule has 3 heterocycles. The van der Waals surface area contributed by atoms with Gasteiger partial charge < -0.3 is 19.5 Å². The first kappa shape index (κ1) is 17.3. The van der Waals surface area contributed by atoms with Gasteiger partial charge in [-0.25, -0.2) is 9.78 Å². The molecule has 2 aliphatic rings. The van der Waals surface area contributed by atoms with Gasteiger partial charge in [0.15, 0.2) is 11.5 Å². The number of fused-ring (bicyclic) bond motifs is 1. The van der Waals surface area contributed by atoms with Crippen molar-refractivity contribution in [3.05, 3.63) is 52.8 Å². The molecule has 0 radical (unpaired) electrons. The molecule has 27 heavy (non-hydrogen) atoms. The average Bonchev–Trinajstić information content (AvgIpc) is 3.16. The van der Waals surface area contributed by atoms with Crippen molar-refractivity contribution in [2.45, 2.75) is 25.8 Å². The van der Waals surface area contributed by atoms with Crippen molar-refractivity contribution in [2.75, 3.05) is 19.8 Å². The molecular formula is C20H20N2O5. The average molecular weight is 368 g/mol. The SMILES string of the molecule is Cc1nc(C(=O)N2CCCC2c2ccc3c(c2)OCCO3)ccc1C(=O)O. The van der Waals surface area contributed by atoms with Crippen molar-refractivity contribution in [3.8, 4) is 11.5 Å². The molecule has 0 spiro atoms. The van der Waals surface area contributed by atoms with E-state index in [1.807, 2.05) is 18.2 Å². The fourth-order valence-corrected chi connectivity index (χ4v) is 3.68. The Bertz CT molecular complexity index is 911. The maximum Gasteiger partial charge on any atom is 0.337 e. The van der Waals surface area contributed by atoms with Crippen LogP contribution in [0, 0.1) is 6.92 Å². The van der Waals surface area contributed by atoms with Gasteiger partial charge >= 0.3 is 5.97 Å². The number of hydrogen-bond donors (Lipinski definition) is 1. The van der Waals surface area contributed by atoms with Crippen LogP contribution in [0.5, 0.6) is 11.5 Å². The van der Waals surface area contributed by atoms with Crippen molar-refractivity contribution in [2.24, 2.45) is 0 Å². The number of pyridine rings is 1. The van der Waals surface area contributed by atoms with Crippen molar-refractivity contribution in [3.63, 3.8) is 0 Å². The van der Waals surface area contributed by atoms with Crippen LogP contribution in [0.2, 0.25) is 0 Å². The molecule has 1 aromatic carbocycles. The zero-order valence-corrected chi connectivity index (χ0v) is 15.0. The van der Waals surface area contributed by atoms with Crippen molar-refractivity contribution >= 4 is 11.9 Å². The van der Waals surface area contributed by atoms with Crippen LogP contribution < -0.4 is 9.47 Å². The second kappa shape index (κ2) is 6.90. The Hall–Kier alpha value is -3.09. The summed E-state index contributed by atoms with van der Waals surface area (Å²) >= 11 is 0. The van der Waals surface area contributed by atoms with E-state index in [9.17, 15) is 9.59 Å². The summed E-state index contributed by atoms with van der Waals surface area (Å²) in [5.41, 5.74) is 1.71. The highest BCUT2D eigenvalue weighted by Gasteiger charge is 2.32. The van der Waals surface area contributed by atoms with Crippen LogP contribution in [0.3, 0.4) is 0 Å². The molecule has 1 fully saturated rings. The number of ether oxygens (including phenoxy) is 2. The zero-order chi connectivity index (χ0) is 19.0. The van der Waals surface area contributed by atoms with Crippen molar-refractivity contribution < 1.29 is 24.2 Å². The topological polar surface area (TPSA) is 89.0 Å². The minimum atomic E-state index is -1.05. The van der Waals surface area contributed by atoms with Gasteiger partial charge in [-0.3, -0.25) is 4.79 Å². The fourth-order valence-electron chi connectivity index (χ4n) is 3.68. The van der Waals surface area contributed by atoms with Crippen LogP contribution >= 0.6 is 0 Å². The quantitative estimate of drug-likeness (QED) is 0.896. The normalized spacial score (nSPS) is 18.4. The molecule has 0 saturated carbocycles. The van der Waals surface area contributed by atoms with Gasteiger partial charge in [0, 0.05) is 6.54 Å². The first-order chi connectivity index (χ1) is 13.0. The Balaban J connectivity index is 1.60. The number of aromatic carboxylic acids is 1. The van der Waals surface area contributed by atoms with Crippen LogP contribution in [0.15, 0.2) is 30.3 Å². The van der Waals surface area contributed by atoms with Gasteiger partial charge in [0.25, 0.3) is 5.91 Å². The Morgan fingerprint density at radius 2 is 1.93 bits per heavy atom. The highest BCUT2D eigenvalue weighted by atomic mass is 16.6. The number of carbonyl (C=O) groups excluding carboxylic acids is 1. The van der Waals surface area contributed by atoms with Crippen LogP contribution in [0.4, 0.5) is 0 Å². The third-order valence-corrected chi connectivity index (χ3v) is 5.00. The molecule has 4 rings (SSSR count).